The Kier molecular flexibility index (Phi) is 11.1. The predicted octanol–water partition coefficient (Wildman–Crippen LogP) is 7.37. The number of carbonyl (C=O) groups is 2. The molecule has 4 heteroatoms. The molecule has 0 aromatic heterocycles. The van der Waals surface area contributed by atoms with Gasteiger partial charge in [-0.2, -0.15) is 0 Å². The highest BCUT2D eigenvalue weighted by molar-refractivity contribution is 6.02. The van der Waals surface area contributed by atoms with Crippen molar-refractivity contribution in [1.82, 2.24) is 0 Å². The molecule has 0 amide bonds. The van der Waals surface area contributed by atoms with Crippen molar-refractivity contribution in [1.29, 1.82) is 0 Å². The number of esters is 1. The molecule has 1 unspecified atom stereocenters. The van der Waals surface area contributed by atoms with Crippen molar-refractivity contribution in [2.45, 2.75) is 99.0 Å². The Bertz CT molecular complexity index is 659. The minimum absolute atomic E-state index is 0.00869. The fourth-order valence-corrected chi connectivity index (χ4v) is 4.72. The molecule has 0 bridgehead atoms. The van der Waals surface area contributed by atoms with E-state index in [1.807, 2.05) is 13.8 Å². The number of benzene rings is 1. The predicted molar refractivity (Wildman–Crippen MR) is 123 cm³/mol. The van der Waals surface area contributed by atoms with Crippen molar-refractivity contribution < 1.29 is 19.4 Å². The van der Waals surface area contributed by atoms with E-state index in [2.05, 4.69) is 27.7 Å². The Morgan fingerprint density at radius 3 is 1.97 bits per heavy atom. The molecule has 0 radical (unpaired) electrons. The molecule has 2 aliphatic carbocycles. The minimum atomic E-state index is -1.11. The summed E-state index contributed by atoms with van der Waals surface area (Å²) in [6.07, 6.45) is 10.1. The summed E-state index contributed by atoms with van der Waals surface area (Å²) in [4.78, 5) is 23.4. The monoisotopic (exact) mass is 418 g/mol. The standard InChI is InChI=1S/C17H22O4.C7H14.C2H6/c1-11-8-12(10-17(2,3)9-11)21-16(20)14-7-5-4-6-13(14)15(18)19;1-7-5-3-2-4-6-7;1-2/h4-7,11-12H,8-10H2,1-3H3,(H,18,19);7H,2-6H2,1H3;1-2H3/t11-,12?;;/m0../s1. The van der Waals surface area contributed by atoms with Crippen LogP contribution in [0.2, 0.25) is 0 Å². The van der Waals surface area contributed by atoms with Crippen molar-refractivity contribution in [3.63, 3.8) is 0 Å². The Hall–Kier alpha value is -1.84. The van der Waals surface area contributed by atoms with Crippen LogP contribution >= 0.6 is 0 Å². The molecule has 4 nitrogen and oxygen atoms in total. The van der Waals surface area contributed by atoms with Crippen LogP contribution in [0.15, 0.2) is 24.3 Å². The average molecular weight is 419 g/mol. The molecule has 1 aromatic rings. The molecule has 2 aliphatic rings. The Morgan fingerprint density at radius 1 is 0.933 bits per heavy atom. The number of rotatable bonds is 3. The Morgan fingerprint density at radius 2 is 1.50 bits per heavy atom. The number of carboxylic acids is 1. The smallest absolute Gasteiger partial charge is 0.339 e. The van der Waals surface area contributed by atoms with Gasteiger partial charge in [0.1, 0.15) is 6.10 Å². The quantitative estimate of drug-likeness (QED) is 0.520. The van der Waals surface area contributed by atoms with E-state index in [0.29, 0.717) is 5.92 Å². The van der Waals surface area contributed by atoms with Crippen LogP contribution < -0.4 is 0 Å². The number of hydrogen-bond acceptors (Lipinski definition) is 3. The zero-order chi connectivity index (χ0) is 22.7. The van der Waals surface area contributed by atoms with Gasteiger partial charge in [0, 0.05) is 0 Å². The summed E-state index contributed by atoms with van der Waals surface area (Å²) in [5, 5.41) is 9.14. The summed E-state index contributed by atoms with van der Waals surface area (Å²) in [6.45, 7) is 12.9. The van der Waals surface area contributed by atoms with Gasteiger partial charge in [-0.1, -0.05) is 85.8 Å². The first-order valence-electron chi connectivity index (χ1n) is 11.7. The molecule has 0 heterocycles. The zero-order valence-electron chi connectivity index (χ0n) is 19.9. The first-order chi connectivity index (χ1) is 14.2. The maximum atomic E-state index is 12.3. The summed E-state index contributed by atoms with van der Waals surface area (Å²) in [5.41, 5.74) is 0.265. The first-order valence-corrected chi connectivity index (χ1v) is 11.7. The number of aromatic carboxylic acids is 1. The highest BCUT2D eigenvalue weighted by atomic mass is 16.5. The maximum Gasteiger partial charge on any atom is 0.339 e. The van der Waals surface area contributed by atoms with Gasteiger partial charge in [-0.3, -0.25) is 0 Å². The summed E-state index contributed by atoms with van der Waals surface area (Å²) in [5.74, 6) is -0.113. The lowest BCUT2D eigenvalue weighted by Crippen LogP contribution is -2.34. The van der Waals surface area contributed by atoms with Crippen LogP contribution in [0.4, 0.5) is 0 Å². The van der Waals surface area contributed by atoms with Crippen LogP contribution in [0, 0.1) is 17.3 Å². The highest BCUT2D eigenvalue weighted by Crippen LogP contribution is 2.40. The first kappa shape index (κ1) is 26.2. The van der Waals surface area contributed by atoms with Crippen LogP contribution in [-0.2, 0) is 4.74 Å². The van der Waals surface area contributed by atoms with Crippen LogP contribution in [-0.4, -0.2) is 23.1 Å². The third-order valence-corrected chi connectivity index (χ3v) is 5.89. The van der Waals surface area contributed by atoms with Gasteiger partial charge in [0.25, 0.3) is 0 Å². The fourth-order valence-electron chi connectivity index (χ4n) is 4.72. The van der Waals surface area contributed by atoms with Crippen molar-refractivity contribution in [2.24, 2.45) is 17.3 Å². The number of carboxylic acid groups (broad SMARTS) is 1. The molecular weight excluding hydrogens is 376 g/mol. The van der Waals surface area contributed by atoms with Gasteiger partial charge in [-0.05, 0) is 48.6 Å². The number of carbonyl (C=O) groups excluding carboxylic acids is 1. The second kappa shape index (κ2) is 12.8. The molecule has 1 N–H and O–H groups in total. The third kappa shape index (κ3) is 8.89. The van der Waals surface area contributed by atoms with Gasteiger partial charge in [-0.25, -0.2) is 9.59 Å². The van der Waals surface area contributed by atoms with Crippen LogP contribution in [0.1, 0.15) is 114 Å². The molecule has 3 rings (SSSR count). The van der Waals surface area contributed by atoms with Crippen molar-refractivity contribution in [3.05, 3.63) is 35.4 Å². The molecular formula is C26H42O4. The summed E-state index contributed by atoms with van der Waals surface area (Å²) >= 11 is 0. The molecule has 2 fully saturated rings. The van der Waals surface area contributed by atoms with E-state index in [0.717, 1.165) is 25.2 Å². The maximum absolute atomic E-state index is 12.3. The van der Waals surface area contributed by atoms with Gasteiger partial charge in [0.2, 0.25) is 0 Å². The van der Waals surface area contributed by atoms with Gasteiger partial charge >= 0.3 is 11.9 Å². The van der Waals surface area contributed by atoms with Gasteiger partial charge < -0.3 is 9.84 Å². The zero-order valence-corrected chi connectivity index (χ0v) is 19.9. The van der Waals surface area contributed by atoms with Gasteiger partial charge in [0.05, 0.1) is 11.1 Å². The van der Waals surface area contributed by atoms with E-state index < -0.39 is 11.9 Å². The second-order valence-corrected chi connectivity index (χ2v) is 9.53. The van der Waals surface area contributed by atoms with E-state index in [1.54, 1.807) is 12.1 Å². The lowest BCUT2D eigenvalue weighted by molar-refractivity contribution is -0.00738. The molecule has 30 heavy (non-hydrogen) atoms. The third-order valence-electron chi connectivity index (χ3n) is 5.89. The van der Waals surface area contributed by atoms with E-state index >= 15 is 0 Å². The number of hydrogen-bond donors (Lipinski definition) is 1. The molecule has 0 saturated heterocycles. The van der Waals surface area contributed by atoms with Crippen LogP contribution in [0.5, 0.6) is 0 Å². The lowest BCUT2D eigenvalue weighted by atomic mass is 9.71. The second-order valence-electron chi connectivity index (χ2n) is 9.53. The average Bonchev–Trinajstić information content (AvgIpc) is 2.69. The molecule has 1 aromatic carbocycles. The van der Waals surface area contributed by atoms with E-state index in [4.69, 9.17) is 9.84 Å². The molecule has 2 saturated carbocycles. The minimum Gasteiger partial charge on any atom is -0.478 e. The van der Waals surface area contributed by atoms with Crippen molar-refractivity contribution >= 4 is 11.9 Å². The topological polar surface area (TPSA) is 63.6 Å². The lowest BCUT2D eigenvalue weighted by Gasteiger charge is -2.38. The van der Waals surface area contributed by atoms with E-state index in [-0.39, 0.29) is 22.6 Å². The molecule has 2 atom stereocenters. The van der Waals surface area contributed by atoms with Crippen molar-refractivity contribution in [2.75, 3.05) is 0 Å². The van der Waals surface area contributed by atoms with Gasteiger partial charge in [0.15, 0.2) is 0 Å². The normalized spacial score (nSPS) is 23.1. The largest absolute Gasteiger partial charge is 0.478 e. The summed E-state index contributed by atoms with van der Waals surface area (Å²) in [7, 11) is 0. The molecule has 170 valence electrons. The Balaban J connectivity index is 0.000000418. The van der Waals surface area contributed by atoms with E-state index in [9.17, 15) is 9.59 Å². The SMILES string of the molecule is CC.CC1CCCCC1.C[C@H]1CC(OC(=O)c2ccccc2C(=O)O)CC(C)(C)C1. The van der Waals surface area contributed by atoms with E-state index in [1.165, 1.54) is 44.2 Å². The van der Waals surface area contributed by atoms with Crippen LogP contribution in [0.3, 0.4) is 0 Å². The molecule has 0 spiro atoms. The van der Waals surface area contributed by atoms with Crippen LogP contribution in [0.25, 0.3) is 0 Å². The molecule has 0 aliphatic heterocycles. The highest BCUT2D eigenvalue weighted by Gasteiger charge is 2.34. The summed E-state index contributed by atoms with van der Waals surface area (Å²) < 4.78 is 5.57. The number of ether oxygens (including phenoxy) is 1. The Labute approximate surface area is 183 Å². The van der Waals surface area contributed by atoms with Gasteiger partial charge in [-0.15, -0.1) is 0 Å². The summed E-state index contributed by atoms with van der Waals surface area (Å²) in [6, 6.07) is 6.18. The van der Waals surface area contributed by atoms with Crippen molar-refractivity contribution in [3.8, 4) is 0 Å². The fraction of sp³-hybridized carbons (Fsp3) is 0.692.